The van der Waals surface area contributed by atoms with Gasteiger partial charge in [0, 0.05) is 17.6 Å². The van der Waals surface area contributed by atoms with E-state index < -0.39 is 0 Å². The van der Waals surface area contributed by atoms with E-state index in [0.29, 0.717) is 12.2 Å². The highest BCUT2D eigenvalue weighted by atomic mass is 32.1. The van der Waals surface area contributed by atoms with Crippen molar-refractivity contribution in [3.63, 3.8) is 0 Å². The van der Waals surface area contributed by atoms with Gasteiger partial charge < -0.3 is 10.2 Å². The maximum absolute atomic E-state index is 12.0. The minimum atomic E-state index is -0.135. The van der Waals surface area contributed by atoms with Gasteiger partial charge in [0.2, 0.25) is 0 Å². The second kappa shape index (κ2) is 6.45. The number of aromatic nitrogens is 1. The van der Waals surface area contributed by atoms with Crippen molar-refractivity contribution in [2.45, 2.75) is 6.04 Å². The van der Waals surface area contributed by atoms with Crippen LogP contribution in [-0.2, 0) is 0 Å². The molecule has 19 heavy (non-hydrogen) atoms. The fraction of sp³-hybridized carbons (Fsp3) is 0.286. The molecule has 1 amide bonds. The molecular formula is C14H17N3OS. The van der Waals surface area contributed by atoms with Gasteiger partial charge in [-0.25, -0.2) is 0 Å². The van der Waals surface area contributed by atoms with E-state index in [1.54, 1.807) is 29.7 Å². The number of nitrogens with zero attached hydrogens (tertiary/aromatic N) is 2. The molecule has 0 aliphatic carbocycles. The van der Waals surface area contributed by atoms with Crippen molar-refractivity contribution in [1.29, 1.82) is 0 Å². The summed E-state index contributed by atoms with van der Waals surface area (Å²) in [7, 11) is 4.02. The highest BCUT2D eigenvalue weighted by Gasteiger charge is 2.16. The van der Waals surface area contributed by atoms with Gasteiger partial charge in [-0.1, -0.05) is 12.1 Å². The van der Waals surface area contributed by atoms with Gasteiger partial charge in [-0.05, 0) is 37.7 Å². The van der Waals surface area contributed by atoms with Crippen LogP contribution in [-0.4, -0.2) is 36.4 Å². The Bertz CT molecular complexity index is 511. The summed E-state index contributed by atoms with van der Waals surface area (Å²) in [5, 5.41) is 4.98. The monoisotopic (exact) mass is 275 g/mol. The van der Waals surface area contributed by atoms with Gasteiger partial charge in [-0.2, -0.15) is 0 Å². The van der Waals surface area contributed by atoms with Crippen LogP contribution in [0.4, 0.5) is 0 Å². The second-order valence-corrected chi connectivity index (χ2v) is 5.40. The summed E-state index contributed by atoms with van der Waals surface area (Å²) >= 11 is 1.70. The summed E-state index contributed by atoms with van der Waals surface area (Å²) in [4.78, 5) is 19.3. The van der Waals surface area contributed by atoms with Crippen molar-refractivity contribution < 1.29 is 4.79 Å². The number of rotatable bonds is 5. The van der Waals surface area contributed by atoms with E-state index in [-0.39, 0.29) is 11.9 Å². The summed E-state index contributed by atoms with van der Waals surface area (Å²) in [6, 6.07) is 9.62. The molecule has 0 fully saturated rings. The first-order valence-electron chi connectivity index (χ1n) is 6.07. The number of carbonyl (C=O) groups excluding carboxylic acids is 1. The van der Waals surface area contributed by atoms with Crippen molar-refractivity contribution in [3.8, 4) is 0 Å². The van der Waals surface area contributed by atoms with E-state index in [9.17, 15) is 4.79 Å². The van der Waals surface area contributed by atoms with Gasteiger partial charge >= 0.3 is 0 Å². The average Bonchev–Trinajstić information content (AvgIpc) is 2.93. The maximum atomic E-state index is 12.0. The third kappa shape index (κ3) is 3.62. The molecule has 5 heteroatoms. The van der Waals surface area contributed by atoms with Crippen LogP contribution in [0.15, 0.2) is 41.9 Å². The molecule has 2 aromatic rings. The second-order valence-electron chi connectivity index (χ2n) is 4.42. The Kier molecular flexibility index (Phi) is 4.65. The van der Waals surface area contributed by atoms with Crippen LogP contribution in [0, 0.1) is 0 Å². The van der Waals surface area contributed by atoms with Crippen LogP contribution in [0.25, 0.3) is 0 Å². The molecule has 0 radical (unpaired) electrons. The minimum Gasteiger partial charge on any atom is -0.349 e. The third-order valence-electron chi connectivity index (χ3n) is 2.85. The smallest absolute Gasteiger partial charge is 0.269 e. The number of likely N-dealkylation sites (N-methyl/N-ethyl adjacent to an activating group) is 1. The molecule has 0 aliphatic heterocycles. The molecule has 1 unspecified atom stereocenters. The number of carbonyl (C=O) groups is 1. The normalized spacial score (nSPS) is 12.4. The Morgan fingerprint density at radius 3 is 2.79 bits per heavy atom. The Morgan fingerprint density at radius 2 is 2.21 bits per heavy atom. The SMILES string of the molecule is CN(C)C(CNC(=O)c1ccccn1)c1cccs1. The molecule has 2 aromatic heterocycles. The van der Waals surface area contributed by atoms with E-state index in [1.807, 2.05) is 31.6 Å². The molecule has 100 valence electrons. The van der Waals surface area contributed by atoms with Crippen molar-refractivity contribution in [3.05, 3.63) is 52.5 Å². The predicted octanol–water partition coefficient (Wildman–Crippen LogP) is 2.18. The number of hydrogen-bond donors (Lipinski definition) is 1. The molecule has 0 saturated carbocycles. The molecule has 1 atom stereocenters. The summed E-state index contributed by atoms with van der Waals surface area (Å²) < 4.78 is 0. The fourth-order valence-electron chi connectivity index (χ4n) is 1.80. The first kappa shape index (κ1) is 13.7. The van der Waals surface area contributed by atoms with E-state index in [0.717, 1.165) is 0 Å². The van der Waals surface area contributed by atoms with E-state index >= 15 is 0 Å². The van der Waals surface area contributed by atoms with Gasteiger partial charge in [0.25, 0.3) is 5.91 Å². The van der Waals surface area contributed by atoms with Crippen molar-refractivity contribution in [2.24, 2.45) is 0 Å². The number of pyridine rings is 1. The first-order valence-corrected chi connectivity index (χ1v) is 6.95. The number of amides is 1. The van der Waals surface area contributed by atoms with Gasteiger partial charge in [0.1, 0.15) is 5.69 Å². The lowest BCUT2D eigenvalue weighted by atomic mass is 10.2. The Morgan fingerprint density at radius 1 is 1.37 bits per heavy atom. The number of thiophene rings is 1. The Labute approximate surface area is 117 Å². The average molecular weight is 275 g/mol. The first-order chi connectivity index (χ1) is 9.18. The topological polar surface area (TPSA) is 45.2 Å². The van der Waals surface area contributed by atoms with Crippen LogP contribution >= 0.6 is 11.3 Å². The zero-order valence-corrected chi connectivity index (χ0v) is 11.9. The molecule has 0 bridgehead atoms. The standard InChI is InChI=1S/C14H17N3OS/c1-17(2)12(13-7-5-9-19-13)10-16-14(18)11-6-3-4-8-15-11/h3-9,12H,10H2,1-2H3,(H,16,18). The van der Waals surface area contributed by atoms with Gasteiger partial charge in [0.05, 0.1) is 6.04 Å². The van der Waals surface area contributed by atoms with Crippen molar-refractivity contribution in [2.75, 3.05) is 20.6 Å². The summed E-state index contributed by atoms with van der Waals surface area (Å²) in [6.07, 6.45) is 1.62. The lowest BCUT2D eigenvalue weighted by Gasteiger charge is -2.23. The van der Waals surface area contributed by atoms with Crippen molar-refractivity contribution in [1.82, 2.24) is 15.2 Å². The van der Waals surface area contributed by atoms with Gasteiger partial charge in [-0.15, -0.1) is 11.3 Å². The molecule has 1 N–H and O–H groups in total. The highest BCUT2D eigenvalue weighted by Crippen LogP contribution is 2.22. The lowest BCUT2D eigenvalue weighted by Crippen LogP contribution is -2.34. The Hall–Kier alpha value is -1.72. The molecule has 0 aliphatic rings. The molecular weight excluding hydrogens is 258 g/mol. The zero-order chi connectivity index (χ0) is 13.7. The van der Waals surface area contributed by atoms with Gasteiger partial charge in [-0.3, -0.25) is 9.78 Å². The molecule has 2 heterocycles. The number of nitrogens with one attached hydrogen (secondary N) is 1. The third-order valence-corrected chi connectivity index (χ3v) is 3.82. The largest absolute Gasteiger partial charge is 0.349 e. The van der Waals surface area contributed by atoms with Crippen LogP contribution in [0.3, 0.4) is 0 Å². The minimum absolute atomic E-state index is 0.135. The zero-order valence-electron chi connectivity index (χ0n) is 11.0. The van der Waals surface area contributed by atoms with Crippen LogP contribution in [0.2, 0.25) is 0 Å². The van der Waals surface area contributed by atoms with Crippen LogP contribution in [0.1, 0.15) is 21.4 Å². The maximum Gasteiger partial charge on any atom is 0.269 e. The van der Waals surface area contributed by atoms with E-state index in [2.05, 4.69) is 21.3 Å². The summed E-state index contributed by atoms with van der Waals surface area (Å²) in [5.41, 5.74) is 0.450. The summed E-state index contributed by atoms with van der Waals surface area (Å²) in [6.45, 7) is 0.572. The molecule has 4 nitrogen and oxygen atoms in total. The van der Waals surface area contributed by atoms with E-state index in [1.165, 1.54) is 4.88 Å². The number of hydrogen-bond acceptors (Lipinski definition) is 4. The lowest BCUT2D eigenvalue weighted by molar-refractivity contribution is 0.0937. The molecule has 0 spiro atoms. The molecule has 0 saturated heterocycles. The van der Waals surface area contributed by atoms with Crippen LogP contribution in [0.5, 0.6) is 0 Å². The quantitative estimate of drug-likeness (QED) is 0.909. The van der Waals surface area contributed by atoms with Crippen LogP contribution < -0.4 is 5.32 Å². The van der Waals surface area contributed by atoms with E-state index in [4.69, 9.17) is 0 Å². The molecule has 2 rings (SSSR count). The fourth-order valence-corrected chi connectivity index (χ4v) is 2.72. The van der Waals surface area contributed by atoms with Crippen molar-refractivity contribution >= 4 is 17.2 Å². The Balaban J connectivity index is 1.98. The predicted molar refractivity (Wildman–Crippen MR) is 77.3 cm³/mol. The molecule has 0 aromatic carbocycles. The highest BCUT2D eigenvalue weighted by molar-refractivity contribution is 7.10. The van der Waals surface area contributed by atoms with Gasteiger partial charge in [0.15, 0.2) is 0 Å². The summed E-state index contributed by atoms with van der Waals surface area (Å²) in [5.74, 6) is -0.135.